The van der Waals surface area contributed by atoms with Gasteiger partial charge < -0.3 is 19.6 Å². The van der Waals surface area contributed by atoms with Gasteiger partial charge in [-0.05, 0) is 157 Å². The van der Waals surface area contributed by atoms with Crippen molar-refractivity contribution < 1.29 is 24.2 Å². The normalized spacial score (nSPS) is 42.6. The summed E-state index contributed by atoms with van der Waals surface area (Å²) in [6.45, 7) is 32.3. The topological polar surface area (TPSA) is 90.4 Å². The van der Waals surface area contributed by atoms with Gasteiger partial charge in [-0.1, -0.05) is 47.1 Å². The molecule has 5 aliphatic carbocycles. The van der Waals surface area contributed by atoms with Gasteiger partial charge in [-0.2, -0.15) is 0 Å². The van der Waals surface area contributed by atoms with E-state index in [-0.39, 0.29) is 45.6 Å². The minimum atomic E-state index is -1.14. The Labute approximate surface area is 340 Å². The van der Waals surface area contributed by atoms with Gasteiger partial charge in [0.1, 0.15) is 6.10 Å². The standard InChI is InChI=1S/C48H79N3O5/c1-11-49-25-27-50(28-26-49)31-34-13-12-24-51(34)41(53)48-21-16-33(29-32(2)3)40(48)35-14-15-37-45(8)19-18-38(56-39(52)30-43(4,5)42(54)55)44(6,7)36(45)17-20-47(37,10)46(35,9)22-23-48/h33-38,40H,2,11-31H2,1,3-10H3,(H,54,55)/t33-,34-,35+,36-,37+,38-,40+,45-,46+,47+,48-/m0/s1. The van der Waals surface area contributed by atoms with Crippen LogP contribution in [-0.2, 0) is 19.1 Å². The van der Waals surface area contributed by atoms with E-state index in [0.29, 0.717) is 41.5 Å². The second kappa shape index (κ2) is 15.0. The van der Waals surface area contributed by atoms with Crippen LogP contribution in [-0.4, -0.2) is 95.6 Å². The van der Waals surface area contributed by atoms with Crippen LogP contribution in [0.2, 0.25) is 0 Å². The van der Waals surface area contributed by atoms with E-state index in [2.05, 4.69) is 69.7 Å². The van der Waals surface area contributed by atoms with Crippen molar-refractivity contribution in [2.45, 2.75) is 164 Å². The Bertz CT molecular complexity index is 1530. The molecule has 2 saturated heterocycles. The van der Waals surface area contributed by atoms with Gasteiger partial charge in [0, 0.05) is 50.7 Å². The molecule has 316 valence electrons. The van der Waals surface area contributed by atoms with E-state index in [1.165, 1.54) is 24.8 Å². The number of aliphatic carboxylic acids is 1. The van der Waals surface area contributed by atoms with Gasteiger partial charge >= 0.3 is 11.9 Å². The molecule has 5 saturated carbocycles. The van der Waals surface area contributed by atoms with Gasteiger partial charge in [-0.25, -0.2) is 0 Å². The number of allylic oxidation sites excluding steroid dienone is 1. The smallest absolute Gasteiger partial charge is 0.309 e. The van der Waals surface area contributed by atoms with Crippen LogP contribution in [0.3, 0.4) is 0 Å². The number of carboxylic acids is 1. The minimum Gasteiger partial charge on any atom is -0.481 e. The highest BCUT2D eigenvalue weighted by Crippen LogP contribution is 2.77. The summed E-state index contributed by atoms with van der Waals surface area (Å²) in [5.74, 6) is 1.67. The highest BCUT2D eigenvalue weighted by atomic mass is 16.5. The summed E-state index contributed by atoms with van der Waals surface area (Å²) in [6.07, 6.45) is 14.0. The number of rotatable bonds is 10. The number of likely N-dealkylation sites (tertiary alicyclic amines) is 1. The highest BCUT2D eigenvalue weighted by molar-refractivity contribution is 5.84. The Morgan fingerprint density at radius 2 is 1.50 bits per heavy atom. The first kappa shape index (κ1) is 42.2. The predicted molar refractivity (Wildman–Crippen MR) is 223 cm³/mol. The Morgan fingerprint density at radius 3 is 2.16 bits per heavy atom. The summed E-state index contributed by atoms with van der Waals surface area (Å²) < 4.78 is 6.23. The highest BCUT2D eigenvalue weighted by Gasteiger charge is 2.72. The quantitative estimate of drug-likeness (QED) is 0.175. The fourth-order valence-corrected chi connectivity index (χ4v) is 15.8. The number of likely N-dealkylation sites (N-methyl/N-ethyl adjacent to an activating group) is 1. The van der Waals surface area contributed by atoms with Crippen LogP contribution >= 0.6 is 0 Å². The third-order valence-corrected chi connectivity index (χ3v) is 19.0. The molecule has 0 spiro atoms. The Kier molecular flexibility index (Phi) is 11.3. The molecule has 1 N–H and O–H groups in total. The van der Waals surface area contributed by atoms with Crippen molar-refractivity contribution in [2.75, 3.05) is 45.8 Å². The lowest BCUT2D eigenvalue weighted by molar-refractivity contribution is -0.250. The fraction of sp³-hybridized carbons (Fsp3) is 0.896. The van der Waals surface area contributed by atoms with Crippen LogP contribution in [0.5, 0.6) is 0 Å². The molecular weight excluding hydrogens is 699 g/mol. The van der Waals surface area contributed by atoms with Crippen LogP contribution in [0.1, 0.15) is 152 Å². The number of esters is 1. The number of nitrogens with zero attached hydrogens (tertiary/aromatic N) is 3. The molecule has 0 bridgehead atoms. The first-order chi connectivity index (χ1) is 26.2. The third kappa shape index (κ3) is 6.73. The molecule has 0 aromatic carbocycles. The Balaban J connectivity index is 1.13. The van der Waals surface area contributed by atoms with E-state index >= 15 is 4.79 Å². The molecule has 11 atom stereocenters. The van der Waals surface area contributed by atoms with Gasteiger partial charge in [0.15, 0.2) is 0 Å². The lowest BCUT2D eigenvalue weighted by Gasteiger charge is -2.73. The first-order valence-corrected chi connectivity index (χ1v) is 23.1. The molecular formula is C48H79N3O5. The number of carbonyl (C=O) groups excluding carboxylic acids is 2. The van der Waals surface area contributed by atoms with Crippen LogP contribution < -0.4 is 0 Å². The number of amides is 1. The van der Waals surface area contributed by atoms with Gasteiger partial charge in [0.05, 0.1) is 17.3 Å². The summed E-state index contributed by atoms with van der Waals surface area (Å²) in [5.41, 5.74) is 0.167. The summed E-state index contributed by atoms with van der Waals surface area (Å²) in [6, 6.07) is 0.351. The molecule has 0 radical (unpaired) electrons. The Morgan fingerprint density at radius 1 is 0.804 bits per heavy atom. The lowest BCUT2D eigenvalue weighted by Crippen LogP contribution is -2.67. The number of hydrogen-bond acceptors (Lipinski definition) is 6. The van der Waals surface area contributed by atoms with Gasteiger partial charge in [-0.3, -0.25) is 19.3 Å². The van der Waals surface area contributed by atoms with Crippen molar-refractivity contribution >= 4 is 17.8 Å². The molecule has 2 aliphatic heterocycles. The number of fused-ring (bicyclic) bond motifs is 7. The molecule has 8 heteroatoms. The van der Waals surface area contributed by atoms with Gasteiger partial charge in [0.2, 0.25) is 5.91 Å². The third-order valence-electron chi connectivity index (χ3n) is 19.0. The SMILES string of the molecule is C=C(C)C[C@@H]1CC[C@]2(C(=O)N3CCC[C@H]3CN3CCN(CC)CC3)CC[C@]3(C)[C@H](CC[C@@H]4[C@@]5(C)CC[C@H](OC(=O)CC(C)(C)C(=O)O)C(C)(C)[C@@H]5CC[C@]43C)[C@@H]12. The molecule has 0 aromatic heterocycles. The van der Waals surface area contributed by atoms with Crippen LogP contribution in [0.15, 0.2) is 12.2 Å². The van der Waals surface area contributed by atoms with E-state index in [1.807, 2.05) is 0 Å². The molecule has 7 fully saturated rings. The number of carboxylic acid groups (broad SMARTS) is 1. The van der Waals surface area contributed by atoms with Gasteiger partial charge in [-0.15, -0.1) is 6.58 Å². The Hall–Kier alpha value is -1.93. The number of ether oxygens (including phenoxy) is 1. The zero-order valence-corrected chi connectivity index (χ0v) is 37.0. The van der Waals surface area contributed by atoms with Crippen molar-refractivity contribution in [3.05, 3.63) is 12.2 Å². The predicted octanol–water partition coefficient (Wildman–Crippen LogP) is 9.08. The fourth-order valence-electron chi connectivity index (χ4n) is 15.8. The van der Waals surface area contributed by atoms with Crippen molar-refractivity contribution in [2.24, 2.45) is 62.1 Å². The number of piperazine rings is 1. The average Bonchev–Trinajstić information content (AvgIpc) is 3.74. The average molecular weight is 778 g/mol. The van der Waals surface area contributed by atoms with Crippen LogP contribution in [0.4, 0.5) is 0 Å². The molecule has 0 unspecified atom stereocenters. The van der Waals surface area contributed by atoms with Crippen molar-refractivity contribution in [1.82, 2.24) is 14.7 Å². The maximum atomic E-state index is 15.5. The molecule has 56 heavy (non-hydrogen) atoms. The van der Waals surface area contributed by atoms with E-state index in [1.54, 1.807) is 13.8 Å². The van der Waals surface area contributed by atoms with E-state index in [0.717, 1.165) is 110 Å². The first-order valence-electron chi connectivity index (χ1n) is 23.1. The summed E-state index contributed by atoms with van der Waals surface area (Å²) in [5, 5.41) is 9.66. The monoisotopic (exact) mass is 778 g/mol. The largest absolute Gasteiger partial charge is 0.481 e. The molecule has 7 rings (SSSR count). The maximum Gasteiger partial charge on any atom is 0.309 e. The zero-order valence-electron chi connectivity index (χ0n) is 37.0. The second-order valence-electron chi connectivity index (χ2n) is 22.5. The summed E-state index contributed by atoms with van der Waals surface area (Å²) >= 11 is 0. The zero-order chi connectivity index (χ0) is 40.6. The number of hydrogen-bond donors (Lipinski definition) is 1. The molecule has 7 aliphatic rings. The van der Waals surface area contributed by atoms with Crippen LogP contribution in [0.25, 0.3) is 0 Å². The molecule has 0 aromatic rings. The second-order valence-corrected chi connectivity index (χ2v) is 22.5. The lowest BCUT2D eigenvalue weighted by atomic mass is 9.32. The van der Waals surface area contributed by atoms with Crippen LogP contribution in [0, 0.1) is 62.1 Å². The maximum absolute atomic E-state index is 15.5. The molecule has 1 amide bonds. The number of carbonyl (C=O) groups is 3. The van der Waals surface area contributed by atoms with Crippen molar-refractivity contribution in [3.63, 3.8) is 0 Å². The van der Waals surface area contributed by atoms with E-state index in [9.17, 15) is 14.7 Å². The minimum absolute atomic E-state index is 0.108. The van der Waals surface area contributed by atoms with Crippen molar-refractivity contribution in [3.8, 4) is 0 Å². The summed E-state index contributed by atoms with van der Waals surface area (Å²) in [4.78, 5) is 48.1. The molecule has 2 heterocycles. The van der Waals surface area contributed by atoms with Crippen molar-refractivity contribution in [1.29, 1.82) is 0 Å². The van der Waals surface area contributed by atoms with Gasteiger partial charge in [0.25, 0.3) is 0 Å². The van der Waals surface area contributed by atoms with E-state index < -0.39 is 11.4 Å². The van der Waals surface area contributed by atoms with E-state index in [4.69, 9.17) is 4.74 Å². The summed E-state index contributed by atoms with van der Waals surface area (Å²) in [7, 11) is 0. The molecule has 8 nitrogen and oxygen atoms in total.